The summed E-state index contributed by atoms with van der Waals surface area (Å²) in [5.41, 5.74) is 0.975. The average molecular weight is 235 g/mol. The molecule has 1 aromatic carbocycles. The fourth-order valence-corrected chi connectivity index (χ4v) is 1.30. The Morgan fingerprint density at radius 2 is 1.69 bits per heavy atom. The van der Waals surface area contributed by atoms with Gasteiger partial charge in [-0.15, -0.1) is 0 Å². The number of hydrogen-bond donors (Lipinski definition) is 0. The van der Waals surface area contributed by atoms with E-state index in [0.29, 0.717) is 6.42 Å². The quantitative estimate of drug-likeness (QED) is 0.739. The van der Waals surface area contributed by atoms with Crippen LogP contribution in [0.4, 0.5) is 0 Å². The van der Waals surface area contributed by atoms with Crippen molar-refractivity contribution in [1.82, 2.24) is 0 Å². The van der Waals surface area contributed by atoms with Crippen molar-refractivity contribution >= 4 is 15.9 Å². The number of hydrogen-bond acceptors (Lipinski definition) is 2. The number of halogens is 1. The number of nitriles is 2. The lowest BCUT2D eigenvalue weighted by Gasteiger charge is -2.09. The van der Waals surface area contributed by atoms with Crippen LogP contribution < -0.4 is 0 Å². The molecule has 0 aliphatic carbocycles. The highest BCUT2D eigenvalue weighted by atomic mass is 79.9. The Kier molecular flexibility index (Phi) is 3.06. The average Bonchev–Trinajstić information content (AvgIpc) is 2.19. The van der Waals surface area contributed by atoms with Gasteiger partial charge in [0.05, 0.1) is 12.1 Å². The van der Waals surface area contributed by atoms with Crippen LogP contribution >= 0.6 is 15.9 Å². The van der Waals surface area contributed by atoms with Gasteiger partial charge in [-0.2, -0.15) is 10.5 Å². The van der Waals surface area contributed by atoms with Gasteiger partial charge in [0.2, 0.25) is 4.32 Å². The van der Waals surface area contributed by atoms with E-state index in [1.165, 1.54) is 0 Å². The van der Waals surface area contributed by atoms with Crippen LogP contribution in [-0.2, 0) is 6.42 Å². The molecule has 0 N–H and O–H groups in total. The van der Waals surface area contributed by atoms with Crippen molar-refractivity contribution in [3.8, 4) is 12.1 Å². The second-order valence-corrected chi connectivity index (χ2v) is 4.04. The summed E-state index contributed by atoms with van der Waals surface area (Å²) in [6.45, 7) is 0. The minimum Gasteiger partial charge on any atom is -0.196 e. The maximum Gasteiger partial charge on any atom is 0.201 e. The summed E-state index contributed by atoms with van der Waals surface area (Å²) in [5, 5.41) is 17.5. The van der Waals surface area contributed by atoms with Gasteiger partial charge in [-0.25, -0.2) is 0 Å². The summed E-state index contributed by atoms with van der Waals surface area (Å²) in [6.07, 6.45) is 0.404. The van der Waals surface area contributed by atoms with Gasteiger partial charge in [-0.1, -0.05) is 46.3 Å². The van der Waals surface area contributed by atoms with Crippen molar-refractivity contribution < 1.29 is 0 Å². The lowest BCUT2D eigenvalue weighted by Crippen LogP contribution is -2.18. The molecule has 1 rings (SSSR count). The molecule has 3 heteroatoms. The predicted molar refractivity (Wildman–Crippen MR) is 53.0 cm³/mol. The first kappa shape index (κ1) is 9.77. The smallest absolute Gasteiger partial charge is 0.196 e. The lowest BCUT2D eigenvalue weighted by molar-refractivity contribution is 0.904. The van der Waals surface area contributed by atoms with E-state index in [1.807, 2.05) is 42.5 Å². The Morgan fingerprint density at radius 1 is 1.15 bits per heavy atom. The molecule has 2 nitrogen and oxygen atoms in total. The molecule has 0 atom stereocenters. The van der Waals surface area contributed by atoms with Crippen LogP contribution in [-0.4, -0.2) is 4.32 Å². The first-order chi connectivity index (χ1) is 6.20. The molecule has 0 saturated heterocycles. The van der Waals surface area contributed by atoms with Gasteiger partial charge in [-0.05, 0) is 5.56 Å². The first-order valence-corrected chi connectivity index (χ1v) is 4.55. The normalized spacial score (nSPS) is 10.1. The van der Waals surface area contributed by atoms with Crippen molar-refractivity contribution in [3.05, 3.63) is 35.9 Å². The molecule has 0 radical (unpaired) electrons. The maximum absolute atomic E-state index is 8.73. The zero-order chi connectivity index (χ0) is 9.73. The first-order valence-electron chi connectivity index (χ1n) is 3.75. The SMILES string of the molecule is N#CC(Br)(C#N)Cc1ccccc1. The second kappa shape index (κ2) is 4.07. The van der Waals surface area contributed by atoms with Crippen LogP contribution in [0.5, 0.6) is 0 Å². The Balaban J connectivity index is 2.83. The molecule has 1 aromatic rings. The Morgan fingerprint density at radius 3 is 2.15 bits per heavy atom. The molecule has 0 amide bonds. The number of benzene rings is 1. The van der Waals surface area contributed by atoms with Crippen LogP contribution in [0.15, 0.2) is 30.3 Å². The van der Waals surface area contributed by atoms with E-state index >= 15 is 0 Å². The predicted octanol–water partition coefficient (Wildman–Crippen LogP) is 2.41. The molecule has 0 spiro atoms. The van der Waals surface area contributed by atoms with Crippen molar-refractivity contribution in [2.45, 2.75) is 10.7 Å². The van der Waals surface area contributed by atoms with Gasteiger partial charge in [0.1, 0.15) is 0 Å². The summed E-state index contributed by atoms with van der Waals surface area (Å²) >= 11 is 3.10. The fourth-order valence-electron chi connectivity index (χ4n) is 0.981. The van der Waals surface area contributed by atoms with E-state index in [0.717, 1.165) is 5.56 Å². The van der Waals surface area contributed by atoms with Gasteiger partial charge in [0.25, 0.3) is 0 Å². The van der Waals surface area contributed by atoms with Gasteiger partial charge in [0, 0.05) is 6.42 Å². The van der Waals surface area contributed by atoms with Crippen LogP contribution in [0.2, 0.25) is 0 Å². The second-order valence-electron chi connectivity index (χ2n) is 2.69. The van der Waals surface area contributed by atoms with E-state index < -0.39 is 4.32 Å². The van der Waals surface area contributed by atoms with Crippen molar-refractivity contribution in [1.29, 1.82) is 10.5 Å². The molecule has 0 unspecified atom stereocenters. The van der Waals surface area contributed by atoms with Gasteiger partial charge in [-0.3, -0.25) is 0 Å². The maximum atomic E-state index is 8.73. The molecule has 0 fully saturated rings. The highest BCUT2D eigenvalue weighted by Gasteiger charge is 2.25. The number of nitrogens with zero attached hydrogens (tertiary/aromatic N) is 2. The Labute approximate surface area is 85.5 Å². The topological polar surface area (TPSA) is 47.6 Å². The summed E-state index contributed by atoms with van der Waals surface area (Å²) in [4.78, 5) is 0. The van der Waals surface area contributed by atoms with E-state index in [4.69, 9.17) is 10.5 Å². The Hall–Kier alpha value is -1.32. The molecule has 13 heavy (non-hydrogen) atoms. The summed E-state index contributed by atoms with van der Waals surface area (Å²) < 4.78 is -1.09. The fraction of sp³-hybridized carbons (Fsp3) is 0.200. The van der Waals surface area contributed by atoms with Gasteiger partial charge < -0.3 is 0 Å². The largest absolute Gasteiger partial charge is 0.201 e. The highest BCUT2D eigenvalue weighted by Crippen LogP contribution is 2.21. The van der Waals surface area contributed by atoms with Crippen LogP contribution in [0.1, 0.15) is 5.56 Å². The third-order valence-electron chi connectivity index (χ3n) is 1.64. The standard InChI is InChI=1S/C10H7BrN2/c11-10(7-12,8-13)6-9-4-2-1-3-5-9/h1-5H,6H2. The number of alkyl halides is 1. The molecule has 0 saturated carbocycles. The van der Waals surface area contributed by atoms with Crippen LogP contribution in [0.3, 0.4) is 0 Å². The molecule has 64 valence electrons. The monoisotopic (exact) mass is 234 g/mol. The summed E-state index contributed by atoms with van der Waals surface area (Å²) in [5.74, 6) is 0. The number of rotatable bonds is 2. The zero-order valence-corrected chi connectivity index (χ0v) is 8.45. The Bertz CT molecular complexity index is 345. The van der Waals surface area contributed by atoms with E-state index in [1.54, 1.807) is 0 Å². The van der Waals surface area contributed by atoms with E-state index in [2.05, 4.69) is 15.9 Å². The molecule has 0 aliphatic rings. The molecule has 0 aromatic heterocycles. The third kappa shape index (κ3) is 2.57. The van der Waals surface area contributed by atoms with Gasteiger partial charge in [0.15, 0.2) is 0 Å². The van der Waals surface area contributed by atoms with E-state index in [-0.39, 0.29) is 0 Å². The van der Waals surface area contributed by atoms with Crippen LogP contribution in [0.25, 0.3) is 0 Å². The molecular formula is C10H7BrN2. The lowest BCUT2D eigenvalue weighted by atomic mass is 10.0. The minimum absolute atomic E-state index is 0.404. The molecule has 0 bridgehead atoms. The van der Waals surface area contributed by atoms with E-state index in [9.17, 15) is 0 Å². The molecule has 0 heterocycles. The molecular weight excluding hydrogens is 228 g/mol. The van der Waals surface area contributed by atoms with Gasteiger partial charge >= 0.3 is 0 Å². The third-order valence-corrected chi connectivity index (χ3v) is 2.28. The highest BCUT2D eigenvalue weighted by molar-refractivity contribution is 9.10. The molecule has 0 aliphatic heterocycles. The summed E-state index contributed by atoms with van der Waals surface area (Å²) in [6, 6.07) is 13.3. The van der Waals surface area contributed by atoms with Crippen molar-refractivity contribution in [2.75, 3.05) is 0 Å². The summed E-state index contributed by atoms with van der Waals surface area (Å²) in [7, 11) is 0. The minimum atomic E-state index is -1.09. The van der Waals surface area contributed by atoms with Crippen molar-refractivity contribution in [3.63, 3.8) is 0 Å². The van der Waals surface area contributed by atoms with Crippen LogP contribution in [0, 0.1) is 22.7 Å². The van der Waals surface area contributed by atoms with Crippen molar-refractivity contribution in [2.24, 2.45) is 0 Å². The zero-order valence-electron chi connectivity index (χ0n) is 6.87.